The number of nitrogens with one attached hydrogen (secondary N) is 1. The standard InChI is InChI=1S/C14H17F4NO/c1-2-3-9-6-8(4-5-20-9)19-14-12(17)10(15)7-11(16)13(14)18/h7-9,19H,2-6H2,1H3. The van der Waals surface area contributed by atoms with Crippen molar-refractivity contribution in [3.63, 3.8) is 0 Å². The Labute approximate surface area is 115 Å². The van der Waals surface area contributed by atoms with Gasteiger partial charge in [-0.25, -0.2) is 17.6 Å². The Morgan fingerprint density at radius 1 is 1.20 bits per heavy atom. The minimum absolute atomic E-state index is 0.00998. The van der Waals surface area contributed by atoms with Gasteiger partial charge in [0.2, 0.25) is 0 Å². The van der Waals surface area contributed by atoms with E-state index in [0.717, 1.165) is 12.8 Å². The number of rotatable bonds is 4. The van der Waals surface area contributed by atoms with E-state index in [1.165, 1.54) is 0 Å². The zero-order valence-electron chi connectivity index (χ0n) is 11.2. The van der Waals surface area contributed by atoms with Crippen LogP contribution < -0.4 is 5.32 Å². The van der Waals surface area contributed by atoms with E-state index in [9.17, 15) is 17.6 Å². The molecule has 1 fully saturated rings. The third-order valence-corrected chi connectivity index (χ3v) is 3.44. The molecule has 1 aliphatic heterocycles. The molecule has 0 amide bonds. The molecule has 6 heteroatoms. The molecule has 1 N–H and O–H groups in total. The lowest BCUT2D eigenvalue weighted by molar-refractivity contribution is 0.00587. The molecule has 2 unspecified atom stereocenters. The van der Waals surface area contributed by atoms with E-state index in [1.54, 1.807) is 0 Å². The largest absolute Gasteiger partial charge is 0.378 e. The van der Waals surface area contributed by atoms with Gasteiger partial charge in [0.05, 0.1) is 6.10 Å². The van der Waals surface area contributed by atoms with Gasteiger partial charge in [-0.3, -0.25) is 0 Å². The van der Waals surface area contributed by atoms with Crippen LogP contribution in [0.25, 0.3) is 0 Å². The van der Waals surface area contributed by atoms with Crippen molar-refractivity contribution in [2.75, 3.05) is 11.9 Å². The molecular weight excluding hydrogens is 274 g/mol. The lowest BCUT2D eigenvalue weighted by Crippen LogP contribution is -2.34. The maximum absolute atomic E-state index is 13.6. The molecule has 1 aliphatic rings. The number of hydrogen-bond acceptors (Lipinski definition) is 2. The average Bonchev–Trinajstić information content (AvgIpc) is 2.42. The molecule has 0 aromatic heterocycles. The van der Waals surface area contributed by atoms with Crippen molar-refractivity contribution in [1.29, 1.82) is 0 Å². The maximum atomic E-state index is 13.6. The average molecular weight is 291 g/mol. The fraction of sp³-hybridized carbons (Fsp3) is 0.571. The summed E-state index contributed by atoms with van der Waals surface area (Å²) in [5.74, 6) is -5.57. The van der Waals surface area contributed by atoms with Crippen LogP contribution in [0.15, 0.2) is 6.07 Å². The van der Waals surface area contributed by atoms with Gasteiger partial charge in [0.1, 0.15) is 5.69 Å². The molecular formula is C14H17F4NO. The first-order valence-electron chi connectivity index (χ1n) is 6.74. The second-order valence-corrected chi connectivity index (χ2v) is 4.99. The van der Waals surface area contributed by atoms with E-state index in [0.29, 0.717) is 19.4 Å². The van der Waals surface area contributed by atoms with Gasteiger partial charge in [-0.05, 0) is 19.3 Å². The summed E-state index contributed by atoms with van der Waals surface area (Å²) in [6, 6.07) is -0.0507. The quantitative estimate of drug-likeness (QED) is 0.668. The summed E-state index contributed by atoms with van der Waals surface area (Å²) >= 11 is 0. The van der Waals surface area contributed by atoms with Crippen LogP contribution in [-0.2, 0) is 4.74 Å². The Balaban J connectivity index is 2.13. The van der Waals surface area contributed by atoms with Gasteiger partial charge in [0, 0.05) is 18.7 Å². The van der Waals surface area contributed by atoms with Gasteiger partial charge >= 0.3 is 0 Å². The van der Waals surface area contributed by atoms with Crippen LogP contribution in [0.5, 0.6) is 0 Å². The van der Waals surface area contributed by atoms with Gasteiger partial charge < -0.3 is 10.1 Å². The van der Waals surface area contributed by atoms with Gasteiger partial charge in [0.15, 0.2) is 23.3 Å². The van der Waals surface area contributed by atoms with Crippen molar-refractivity contribution in [2.24, 2.45) is 0 Å². The Hall–Kier alpha value is -1.30. The monoisotopic (exact) mass is 291 g/mol. The number of benzene rings is 1. The second kappa shape index (κ2) is 6.43. The van der Waals surface area contributed by atoms with Crippen molar-refractivity contribution in [3.8, 4) is 0 Å². The highest BCUT2D eigenvalue weighted by atomic mass is 19.2. The zero-order valence-corrected chi connectivity index (χ0v) is 11.2. The minimum atomic E-state index is -1.40. The lowest BCUT2D eigenvalue weighted by Gasteiger charge is -2.30. The summed E-state index contributed by atoms with van der Waals surface area (Å²) in [7, 11) is 0. The molecule has 2 rings (SSSR count). The molecule has 0 aliphatic carbocycles. The molecule has 2 nitrogen and oxygen atoms in total. The molecule has 0 bridgehead atoms. The van der Waals surface area contributed by atoms with Crippen molar-refractivity contribution >= 4 is 5.69 Å². The third kappa shape index (κ3) is 3.23. The van der Waals surface area contributed by atoms with E-state index < -0.39 is 29.0 Å². The third-order valence-electron chi connectivity index (χ3n) is 3.44. The van der Waals surface area contributed by atoms with Gasteiger partial charge in [0.25, 0.3) is 0 Å². The van der Waals surface area contributed by atoms with Gasteiger partial charge in [-0.1, -0.05) is 13.3 Å². The van der Waals surface area contributed by atoms with E-state index in [2.05, 4.69) is 5.32 Å². The zero-order chi connectivity index (χ0) is 14.7. The number of anilines is 1. The molecule has 1 saturated heterocycles. The Kier molecular flexibility index (Phi) is 4.86. The molecule has 112 valence electrons. The summed E-state index contributed by atoms with van der Waals surface area (Å²) in [5.41, 5.74) is -0.732. The normalized spacial score (nSPS) is 22.9. The Morgan fingerprint density at radius 2 is 1.85 bits per heavy atom. The highest BCUT2D eigenvalue weighted by Gasteiger charge is 2.26. The smallest absolute Gasteiger partial charge is 0.185 e. The van der Waals surface area contributed by atoms with E-state index in [4.69, 9.17) is 4.74 Å². The van der Waals surface area contributed by atoms with E-state index in [-0.39, 0.29) is 18.2 Å². The van der Waals surface area contributed by atoms with Crippen molar-refractivity contribution in [3.05, 3.63) is 29.3 Å². The van der Waals surface area contributed by atoms with E-state index in [1.807, 2.05) is 6.92 Å². The van der Waals surface area contributed by atoms with E-state index >= 15 is 0 Å². The number of halogens is 4. The summed E-state index contributed by atoms with van der Waals surface area (Å²) in [6.45, 7) is 2.48. The van der Waals surface area contributed by atoms with Gasteiger partial charge in [-0.2, -0.15) is 0 Å². The Morgan fingerprint density at radius 3 is 2.45 bits per heavy atom. The highest BCUT2D eigenvalue weighted by molar-refractivity contribution is 5.48. The molecule has 1 heterocycles. The molecule has 0 saturated carbocycles. The minimum Gasteiger partial charge on any atom is -0.378 e. The van der Waals surface area contributed by atoms with Crippen LogP contribution in [0.1, 0.15) is 32.6 Å². The molecule has 1 aromatic rings. The first kappa shape index (κ1) is 15.1. The van der Waals surface area contributed by atoms with Crippen molar-refractivity contribution in [2.45, 2.75) is 44.8 Å². The Bertz CT molecular complexity index is 452. The summed E-state index contributed by atoms with van der Waals surface area (Å²) in [4.78, 5) is 0. The van der Waals surface area contributed by atoms with Crippen LogP contribution >= 0.6 is 0 Å². The molecule has 20 heavy (non-hydrogen) atoms. The van der Waals surface area contributed by atoms with Crippen LogP contribution in [0, 0.1) is 23.3 Å². The second-order valence-electron chi connectivity index (χ2n) is 4.99. The predicted octanol–water partition coefficient (Wildman–Crippen LogP) is 4.00. The van der Waals surface area contributed by atoms with Crippen LogP contribution in [0.2, 0.25) is 0 Å². The SMILES string of the molecule is CCCC1CC(Nc2c(F)c(F)cc(F)c2F)CCO1. The van der Waals surface area contributed by atoms with Crippen LogP contribution in [0.3, 0.4) is 0 Å². The molecule has 0 spiro atoms. The topological polar surface area (TPSA) is 21.3 Å². The first-order chi connectivity index (χ1) is 9.52. The lowest BCUT2D eigenvalue weighted by atomic mass is 9.99. The fourth-order valence-corrected chi connectivity index (χ4v) is 2.44. The van der Waals surface area contributed by atoms with Crippen LogP contribution in [-0.4, -0.2) is 18.8 Å². The molecule has 0 radical (unpaired) electrons. The van der Waals surface area contributed by atoms with Gasteiger partial charge in [-0.15, -0.1) is 0 Å². The first-order valence-corrected chi connectivity index (χ1v) is 6.74. The molecule has 1 aromatic carbocycles. The summed E-state index contributed by atoms with van der Waals surface area (Å²) in [6.07, 6.45) is 2.90. The number of ether oxygens (including phenoxy) is 1. The van der Waals surface area contributed by atoms with Crippen molar-refractivity contribution in [1.82, 2.24) is 0 Å². The molecule has 2 atom stereocenters. The summed E-state index contributed by atoms with van der Waals surface area (Å²) in [5, 5.41) is 2.58. The fourth-order valence-electron chi connectivity index (χ4n) is 2.44. The summed E-state index contributed by atoms with van der Waals surface area (Å²) < 4.78 is 58.9. The van der Waals surface area contributed by atoms with Crippen molar-refractivity contribution < 1.29 is 22.3 Å². The number of hydrogen-bond donors (Lipinski definition) is 1. The highest BCUT2D eigenvalue weighted by Crippen LogP contribution is 2.28. The predicted molar refractivity (Wildman–Crippen MR) is 67.6 cm³/mol. The van der Waals surface area contributed by atoms with Crippen LogP contribution in [0.4, 0.5) is 23.2 Å². The maximum Gasteiger partial charge on any atom is 0.185 e.